The van der Waals surface area contributed by atoms with Crippen molar-refractivity contribution in [1.29, 1.82) is 0 Å². The molecule has 2 heteroatoms. The lowest BCUT2D eigenvalue weighted by Gasteiger charge is -2.56. The Labute approximate surface area is 123 Å². The third-order valence-corrected chi connectivity index (χ3v) is 5.71. The van der Waals surface area contributed by atoms with E-state index in [1.165, 1.54) is 31.4 Å². The van der Waals surface area contributed by atoms with Crippen molar-refractivity contribution in [2.75, 3.05) is 0 Å². The molecular formula is C18H28O2. The van der Waals surface area contributed by atoms with E-state index in [1.54, 1.807) is 0 Å². The lowest BCUT2D eigenvalue weighted by molar-refractivity contribution is -0.112. The zero-order valence-electron chi connectivity index (χ0n) is 13.5. The van der Waals surface area contributed by atoms with E-state index in [2.05, 4.69) is 33.8 Å². The molecule has 2 aliphatic carbocycles. The maximum atomic E-state index is 11.3. The zero-order valence-corrected chi connectivity index (χ0v) is 13.5. The minimum absolute atomic E-state index is 0.00437. The SMILES string of the molecule is CC(=O)/C=C(\O)[C@H]1C(C)=CC[C@H]2C(C)(C)CCC[C@]12C. The molecule has 0 heterocycles. The Morgan fingerprint density at radius 2 is 2.00 bits per heavy atom. The van der Waals surface area contributed by atoms with E-state index >= 15 is 0 Å². The van der Waals surface area contributed by atoms with Crippen LogP contribution in [0.5, 0.6) is 0 Å². The van der Waals surface area contributed by atoms with Gasteiger partial charge >= 0.3 is 0 Å². The van der Waals surface area contributed by atoms with Crippen molar-refractivity contribution in [2.45, 2.75) is 60.3 Å². The quantitative estimate of drug-likeness (QED) is 0.446. The summed E-state index contributed by atoms with van der Waals surface area (Å²) in [4.78, 5) is 11.3. The Bertz CT molecular complexity index is 470. The van der Waals surface area contributed by atoms with Gasteiger partial charge in [0.15, 0.2) is 5.78 Å². The molecule has 2 aliphatic rings. The summed E-state index contributed by atoms with van der Waals surface area (Å²) in [5, 5.41) is 10.5. The first-order valence-electron chi connectivity index (χ1n) is 7.76. The minimum Gasteiger partial charge on any atom is -0.512 e. The number of aliphatic hydroxyl groups is 1. The number of carbonyl (C=O) groups excluding carboxylic acids is 1. The lowest BCUT2D eigenvalue weighted by Crippen LogP contribution is -2.49. The van der Waals surface area contributed by atoms with Crippen molar-refractivity contribution >= 4 is 5.78 Å². The molecule has 0 aromatic rings. The topological polar surface area (TPSA) is 37.3 Å². The summed E-state index contributed by atoms with van der Waals surface area (Å²) in [6.07, 6.45) is 8.37. The van der Waals surface area contributed by atoms with Crippen LogP contribution in [0.4, 0.5) is 0 Å². The molecule has 0 spiro atoms. The Balaban J connectivity index is 2.47. The fourth-order valence-electron chi connectivity index (χ4n) is 4.90. The highest BCUT2D eigenvalue weighted by molar-refractivity contribution is 5.87. The summed E-state index contributed by atoms with van der Waals surface area (Å²) in [7, 11) is 0. The van der Waals surface area contributed by atoms with E-state index in [0.29, 0.717) is 11.3 Å². The molecule has 3 atom stereocenters. The largest absolute Gasteiger partial charge is 0.512 e. The van der Waals surface area contributed by atoms with Gasteiger partial charge in [0.2, 0.25) is 0 Å². The molecule has 1 fully saturated rings. The lowest BCUT2D eigenvalue weighted by atomic mass is 9.48. The molecule has 0 aromatic heterocycles. The van der Waals surface area contributed by atoms with Crippen molar-refractivity contribution < 1.29 is 9.90 Å². The molecule has 0 bridgehead atoms. The van der Waals surface area contributed by atoms with Gasteiger partial charge in [-0.15, -0.1) is 0 Å². The predicted molar refractivity (Wildman–Crippen MR) is 82.5 cm³/mol. The number of hydrogen-bond acceptors (Lipinski definition) is 2. The van der Waals surface area contributed by atoms with Crippen LogP contribution in [0.2, 0.25) is 0 Å². The van der Waals surface area contributed by atoms with Crippen LogP contribution < -0.4 is 0 Å². The number of fused-ring (bicyclic) bond motifs is 1. The molecule has 0 aliphatic heterocycles. The third-order valence-electron chi connectivity index (χ3n) is 5.71. The van der Waals surface area contributed by atoms with Gasteiger partial charge in [-0.3, -0.25) is 4.79 Å². The van der Waals surface area contributed by atoms with Gasteiger partial charge in [-0.25, -0.2) is 0 Å². The highest BCUT2D eigenvalue weighted by Gasteiger charge is 2.53. The van der Waals surface area contributed by atoms with Gasteiger partial charge in [-0.05, 0) is 49.9 Å². The maximum absolute atomic E-state index is 11.3. The van der Waals surface area contributed by atoms with Crippen molar-refractivity contribution in [3.63, 3.8) is 0 Å². The number of hydrogen-bond donors (Lipinski definition) is 1. The first kappa shape index (κ1) is 15.3. The van der Waals surface area contributed by atoms with E-state index in [1.807, 2.05) is 0 Å². The summed E-state index contributed by atoms with van der Waals surface area (Å²) in [5.41, 5.74) is 1.59. The molecule has 20 heavy (non-hydrogen) atoms. The highest BCUT2D eigenvalue weighted by atomic mass is 16.3. The van der Waals surface area contributed by atoms with Crippen LogP contribution in [-0.4, -0.2) is 10.9 Å². The average Bonchev–Trinajstić information content (AvgIpc) is 2.25. The molecule has 1 saturated carbocycles. The minimum atomic E-state index is -0.0731. The smallest absolute Gasteiger partial charge is 0.155 e. The van der Waals surface area contributed by atoms with Crippen molar-refractivity contribution in [3.05, 3.63) is 23.5 Å². The summed E-state index contributed by atoms with van der Waals surface area (Å²) in [6, 6.07) is 0. The predicted octanol–water partition coefficient (Wildman–Crippen LogP) is 4.82. The number of ketones is 1. The molecule has 2 nitrogen and oxygen atoms in total. The third kappa shape index (κ3) is 2.45. The monoisotopic (exact) mass is 276 g/mol. The van der Waals surface area contributed by atoms with Crippen LogP contribution >= 0.6 is 0 Å². The van der Waals surface area contributed by atoms with Gasteiger partial charge in [-0.2, -0.15) is 0 Å². The Hall–Kier alpha value is -1.05. The van der Waals surface area contributed by atoms with Crippen LogP contribution in [0.1, 0.15) is 60.3 Å². The fourth-order valence-corrected chi connectivity index (χ4v) is 4.90. The molecular weight excluding hydrogens is 248 g/mol. The molecule has 1 N–H and O–H groups in total. The van der Waals surface area contributed by atoms with Gasteiger partial charge in [0.1, 0.15) is 5.76 Å². The molecule has 2 rings (SSSR count). The summed E-state index contributed by atoms with van der Waals surface area (Å²) < 4.78 is 0. The second kappa shape index (κ2) is 5.05. The summed E-state index contributed by atoms with van der Waals surface area (Å²) >= 11 is 0. The number of carbonyl (C=O) groups is 1. The van der Waals surface area contributed by atoms with E-state index in [-0.39, 0.29) is 22.9 Å². The number of aliphatic hydroxyl groups excluding tert-OH is 1. The second-order valence-corrected chi connectivity index (χ2v) is 7.70. The number of rotatable bonds is 2. The van der Waals surface area contributed by atoms with Crippen LogP contribution in [-0.2, 0) is 4.79 Å². The van der Waals surface area contributed by atoms with E-state index in [4.69, 9.17) is 0 Å². The fraction of sp³-hybridized carbons (Fsp3) is 0.722. The standard InChI is InChI=1S/C18H28O2/c1-12-7-8-15-17(3,4)9-6-10-18(15,5)16(12)14(20)11-13(2)19/h7,11,15-16,20H,6,8-10H2,1-5H3/b14-11-/t15-,16+,18-/m0/s1. The Kier molecular flexibility index (Phi) is 3.88. The maximum Gasteiger partial charge on any atom is 0.155 e. The van der Waals surface area contributed by atoms with Crippen molar-refractivity contribution in [1.82, 2.24) is 0 Å². The van der Waals surface area contributed by atoms with Crippen molar-refractivity contribution in [3.8, 4) is 0 Å². The highest BCUT2D eigenvalue weighted by Crippen LogP contribution is 2.60. The first-order chi connectivity index (χ1) is 9.18. The van der Waals surface area contributed by atoms with Gasteiger partial charge in [0.25, 0.3) is 0 Å². The van der Waals surface area contributed by atoms with E-state index in [9.17, 15) is 9.90 Å². The Morgan fingerprint density at radius 1 is 1.35 bits per heavy atom. The van der Waals surface area contributed by atoms with Crippen LogP contribution in [0.3, 0.4) is 0 Å². The van der Waals surface area contributed by atoms with E-state index in [0.717, 1.165) is 12.8 Å². The molecule has 0 radical (unpaired) electrons. The summed E-state index contributed by atoms with van der Waals surface area (Å²) in [5.74, 6) is 0.761. The van der Waals surface area contributed by atoms with Crippen LogP contribution in [0.25, 0.3) is 0 Å². The normalized spacial score (nSPS) is 37.0. The van der Waals surface area contributed by atoms with Crippen molar-refractivity contribution in [2.24, 2.45) is 22.7 Å². The van der Waals surface area contributed by atoms with Gasteiger partial charge in [-0.1, -0.05) is 38.8 Å². The van der Waals surface area contributed by atoms with Gasteiger partial charge in [0, 0.05) is 12.0 Å². The molecule has 0 unspecified atom stereocenters. The molecule has 0 saturated heterocycles. The van der Waals surface area contributed by atoms with Gasteiger partial charge < -0.3 is 5.11 Å². The number of allylic oxidation sites excluding steroid dienone is 3. The second-order valence-electron chi connectivity index (χ2n) is 7.70. The van der Waals surface area contributed by atoms with Crippen LogP contribution in [0.15, 0.2) is 23.5 Å². The van der Waals surface area contributed by atoms with E-state index < -0.39 is 0 Å². The zero-order chi connectivity index (χ0) is 15.1. The van der Waals surface area contributed by atoms with Crippen LogP contribution in [0, 0.1) is 22.7 Å². The molecule has 112 valence electrons. The summed E-state index contributed by atoms with van der Waals surface area (Å²) in [6.45, 7) is 10.6. The Morgan fingerprint density at radius 3 is 2.60 bits per heavy atom. The molecule has 0 amide bonds. The average molecular weight is 276 g/mol. The first-order valence-corrected chi connectivity index (χ1v) is 7.76. The molecule has 0 aromatic carbocycles. The van der Waals surface area contributed by atoms with Gasteiger partial charge in [0.05, 0.1) is 0 Å².